The maximum absolute atomic E-state index is 12.2. The molecule has 3 aromatic carbocycles. The zero-order valence-electron chi connectivity index (χ0n) is 26.7. The summed E-state index contributed by atoms with van der Waals surface area (Å²) in [5, 5.41) is 12.2. The van der Waals surface area contributed by atoms with Crippen LogP contribution in [-0.4, -0.2) is 40.6 Å². The fraction of sp³-hybridized carbons (Fsp3) is 0.444. The second kappa shape index (κ2) is 15.9. The van der Waals surface area contributed by atoms with Gasteiger partial charge in [0.25, 0.3) is 0 Å². The number of ether oxygens (including phenoxy) is 1. The Bertz CT molecular complexity index is 1320. The zero-order chi connectivity index (χ0) is 31.6. The monoisotopic (exact) mass is 604 g/mol. The van der Waals surface area contributed by atoms with Gasteiger partial charge in [0.15, 0.2) is 0 Å². The third kappa shape index (κ3) is 10.3. The molecule has 0 aliphatic carbocycles. The first-order valence-corrected chi connectivity index (χ1v) is 16.4. The average Bonchev–Trinajstić information content (AvgIpc) is 2.96. The van der Waals surface area contributed by atoms with E-state index in [1.807, 2.05) is 18.2 Å². The van der Waals surface area contributed by atoms with E-state index in [9.17, 15) is 14.7 Å². The highest BCUT2D eigenvalue weighted by Gasteiger charge is 2.24. The van der Waals surface area contributed by atoms with Crippen molar-refractivity contribution in [1.82, 2.24) is 5.32 Å². The smallest absolute Gasteiger partial charge is 0.408 e. The minimum Gasteiger partial charge on any atom is -0.480 e. The summed E-state index contributed by atoms with van der Waals surface area (Å²) in [6.07, 6.45) is 1.54. The summed E-state index contributed by atoms with van der Waals surface area (Å²) in [7, 11) is 0. The highest BCUT2D eigenvalue weighted by Crippen LogP contribution is 2.30. The largest absolute Gasteiger partial charge is 0.480 e. The van der Waals surface area contributed by atoms with Gasteiger partial charge in [0.2, 0.25) is 0 Å². The van der Waals surface area contributed by atoms with Gasteiger partial charge in [-0.1, -0.05) is 68.4 Å². The molecule has 0 heterocycles. The van der Waals surface area contributed by atoms with Crippen molar-refractivity contribution < 1.29 is 19.4 Å². The molecule has 3 rings (SSSR count). The van der Waals surface area contributed by atoms with Crippen molar-refractivity contribution in [3.63, 3.8) is 0 Å². The normalized spacial score (nSPS) is 12.3. The van der Waals surface area contributed by atoms with Crippen molar-refractivity contribution >= 4 is 29.5 Å². The topological polar surface area (TPSA) is 78.9 Å². The lowest BCUT2D eigenvalue weighted by atomic mass is 9.93. The lowest BCUT2D eigenvalue weighted by molar-refractivity contribution is -0.138. The quantitative estimate of drug-likeness (QED) is 0.191. The Hall–Kier alpha value is -3.45. The SMILES string of the molecule is CCC(CC)c1ccc(N(Cc2cc(-c3ccccc3)ccc2CSCC(NC(=O)OC(C)(C)C)C(=O)O)C(C)C)cc1. The molecule has 7 heteroatoms. The minimum atomic E-state index is -1.08. The number of anilines is 1. The molecule has 0 fully saturated rings. The number of amides is 1. The summed E-state index contributed by atoms with van der Waals surface area (Å²) in [6.45, 7) is 14.9. The molecule has 1 unspecified atom stereocenters. The number of nitrogens with zero attached hydrogens (tertiary/aromatic N) is 1. The number of aliphatic carboxylic acids is 1. The molecule has 0 bridgehead atoms. The fourth-order valence-electron chi connectivity index (χ4n) is 5.09. The van der Waals surface area contributed by atoms with Gasteiger partial charge in [-0.2, -0.15) is 11.8 Å². The highest BCUT2D eigenvalue weighted by atomic mass is 32.2. The molecule has 0 aliphatic rings. The highest BCUT2D eigenvalue weighted by molar-refractivity contribution is 7.98. The molecule has 0 aromatic heterocycles. The number of nitrogens with one attached hydrogen (secondary N) is 1. The van der Waals surface area contributed by atoms with Crippen LogP contribution in [0.2, 0.25) is 0 Å². The van der Waals surface area contributed by atoms with E-state index in [0.717, 1.165) is 36.1 Å². The van der Waals surface area contributed by atoms with Crippen molar-refractivity contribution in [2.24, 2.45) is 0 Å². The Kier molecular flexibility index (Phi) is 12.6. The maximum atomic E-state index is 12.2. The molecule has 1 atom stereocenters. The van der Waals surface area contributed by atoms with Crippen LogP contribution in [-0.2, 0) is 21.8 Å². The van der Waals surface area contributed by atoms with Crippen molar-refractivity contribution in [2.45, 2.75) is 97.2 Å². The Balaban J connectivity index is 1.85. The molecule has 232 valence electrons. The van der Waals surface area contributed by atoms with Crippen molar-refractivity contribution in [1.29, 1.82) is 0 Å². The van der Waals surface area contributed by atoms with E-state index in [1.165, 1.54) is 28.6 Å². The van der Waals surface area contributed by atoms with Crippen LogP contribution in [0.15, 0.2) is 72.8 Å². The third-order valence-electron chi connectivity index (χ3n) is 7.49. The first kappa shape index (κ1) is 34.0. The number of alkyl carbamates (subject to hydrolysis) is 1. The van der Waals surface area contributed by atoms with Gasteiger partial charge in [0, 0.05) is 29.8 Å². The van der Waals surface area contributed by atoms with Crippen molar-refractivity contribution in [3.05, 3.63) is 89.5 Å². The van der Waals surface area contributed by atoms with Gasteiger partial charge in [0.05, 0.1) is 0 Å². The average molecular weight is 605 g/mol. The Morgan fingerprint density at radius 2 is 1.56 bits per heavy atom. The minimum absolute atomic E-state index is 0.222. The number of carboxylic acid groups (broad SMARTS) is 1. The van der Waals surface area contributed by atoms with Crippen molar-refractivity contribution in [2.75, 3.05) is 10.7 Å². The molecule has 0 saturated carbocycles. The summed E-state index contributed by atoms with van der Waals surface area (Å²) in [4.78, 5) is 26.6. The molecule has 0 radical (unpaired) electrons. The lowest BCUT2D eigenvalue weighted by Gasteiger charge is -2.31. The molecule has 0 aliphatic heterocycles. The predicted octanol–water partition coefficient (Wildman–Crippen LogP) is 8.88. The second-order valence-electron chi connectivity index (χ2n) is 12.2. The van der Waals surface area contributed by atoms with Crippen LogP contribution in [0.25, 0.3) is 11.1 Å². The summed E-state index contributed by atoms with van der Waals surface area (Å²) >= 11 is 1.49. The molecular weight excluding hydrogens is 556 g/mol. The van der Waals surface area contributed by atoms with Crippen LogP contribution in [0.1, 0.15) is 83.9 Å². The van der Waals surface area contributed by atoms with Crippen LogP contribution in [0.3, 0.4) is 0 Å². The van der Waals surface area contributed by atoms with Gasteiger partial charge in [-0.25, -0.2) is 9.59 Å². The number of carboxylic acids is 1. The molecule has 2 N–H and O–H groups in total. The Morgan fingerprint density at radius 3 is 2.12 bits per heavy atom. The van der Waals surface area contributed by atoms with Gasteiger partial charge in [-0.05, 0) is 99.4 Å². The number of benzene rings is 3. The standard InChI is InChI=1S/C36H48N2O4S/c1-8-26(9-2)28-17-19-32(20-18-28)38(25(3)4)22-31-21-29(27-13-11-10-12-14-27)15-16-30(31)23-43-24-33(34(39)40)37-35(41)42-36(5,6)7/h10-21,25-26,33H,8-9,22-24H2,1-7H3,(H,37,41)(H,39,40). The van der Waals surface area contributed by atoms with Crippen LogP contribution >= 0.6 is 11.8 Å². The van der Waals surface area contributed by atoms with Crippen LogP contribution in [0.4, 0.5) is 10.5 Å². The summed E-state index contributed by atoms with van der Waals surface area (Å²) in [5.74, 6) is 0.330. The molecule has 3 aromatic rings. The molecule has 0 spiro atoms. The van der Waals surface area contributed by atoms with E-state index in [0.29, 0.717) is 11.7 Å². The van der Waals surface area contributed by atoms with Crippen LogP contribution in [0.5, 0.6) is 0 Å². The van der Waals surface area contributed by atoms with Crippen LogP contribution in [0, 0.1) is 0 Å². The number of hydrogen-bond donors (Lipinski definition) is 2. The van der Waals surface area contributed by atoms with Gasteiger partial charge >= 0.3 is 12.1 Å². The Morgan fingerprint density at radius 1 is 0.907 bits per heavy atom. The van der Waals surface area contributed by atoms with Crippen LogP contribution < -0.4 is 10.2 Å². The molecule has 1 amide bonds. The number of hydrogen-bond acceptors (Lipinski definition) is 5. The zero-order valence-corrected chi connectivity index (χ0v) is 27.5. The summed E-state index contributed by atoms with van der Waals surface area (Å²) < 4.78 is 5.27. The summed E-state index contributed by atoms with van der Waals surface area (Å²) in [5.41, 5.74) is 6.50. The van der Waals surface area contributed by atoms with Gasteiger partial charge in [-0.15, -0.1) is 0 Å². The van der Waals surface area contributed by atoms with Gasteiger partial charge in [0.1, 0.15) is 11.6 Å². The predicted molar refractivity (Wildman–Crippen MR) is 180 cm³/mol. The number of thioether (sulfide) groups is 1. The van der Waals surface area contributed by atoms with E-state index >= 15 is 0 Å². The lowest BCUT2D eigenvalue weighted by Crippen LogP contribution is -2.44. The van der Waals surface area contributed by atoms with E-state index in [4.69, 9.17) is 4.74 Å². The third-order valence-corrected chi connectivity index (χ3v) is 8.57. The molecule has 43 heavy (non-hydrogen) atoms. The van der Waals surface area contributed by atoms with Gasteiger partial charge in [-0.3, -0.25) is 0 Å². The van der Waals surface area contributed by atoms with Crippen molar-refractivity contribution in [3.8, 4) is 11.1 Å². The summed E-state index contributed by atoms with van der Waals surface area (Å²) in [6, 6.07) is 25.1. The first-order valence-electron chi connectivity index (χ1n) is 15.3. The second-order valence-corrected chi connectivity index (χ2v) is 13.3. The number of rotatable bonds is 14. The maximum Gasteiger partial charge on any atom is 0.408 e. The molecule has 6 nitrogen and oxygen atoms in total. The fourth-order valence-corrected chi connectivity index (χ4v) is 6.17. The first-order chi connectivity index (χ1) is 20.4. The van der Waals surface area contributed by atoms with E-state index in [1.54, 1.807) is 20.8 Å². The number of carbonyl (C=O) groups is 2. The van der Waals surface area contributed by atoms with E-state index in [-0.39, 0.29) is 11.8 Å². The Labute approximate surface area is 262 Å². The van der Waals surface area contributed by atoms with E-state index < -0.39 is 23.7 Å². The van der Waals surface area contributed by atoms with Gasteiger partial charge < -0.3 is 20.1 Å². The van der Waals surface area contributed by atoms with E-state index in [2.05, 4.69) is 92.5 Å². The molecular formula is C36H48N2O4S. The molecule has 0 saturated heterocycles. The number of carbonyl (C=O) groups excluding carboxylic acids is 1.